The van der Waals surface area contributed by atoms with Gasteiger partial charge in [0.25, 0.3) is 0 Å². The van der Waals surface area contributed by atoms with Crippen LogP contribution in [0.15, 0.2) is 0 Å². The number of nitrogens with zero attached hydrogens (tertiary/aromatic N) is 1. The number of likely N-dealkylation sites (N-methyl/N-ethyl adjacent to an activating group) is 1. The van der Waals surface area contributed by atoms with E-state index in [1.54, 1.807) is 0 Å². The zero-order valence-corrected chi connectivity index (χ0v) is 6.80. The third kappa shape index (κ3) is 43.7. The molecule has 64 valence electrons. The predicted molar refractivity (Wildman–Crippen MR) is 38.3 cm³/mol. The summed E-state index contributed by atoms with van der Waals surface area (Å²) in [5.74, 6) is 0. The van der Waals surface area contributed by atoms with Crippen molar-refractivity contribution < 1.29 is 19.8 Å². The molecule has 2 N–H and O–H groups in total. The molecule has 0 fully saturated rings. The molecule has 0 aromatic heterocycles. The van der Waals surface area contributed by atoms with Crippen LogP contribution in [0.2, 0.25) is 0 Å². The lowest BCUT2D eigenvalue weighted by molar-refractivity contribution is 0.243. The lowest BCUT2D eigenvalue weighted by atomic mass is 10.6. The molecule has 0 aliphatic heterocycles. The quantitative estimate of drug-likeness (QED) is 0.520. The Morgan fingerprint density at radius 3 is 2.00 bits per heavy atom. The maximum atomic E-state index is 8.56. The van der Waals surface area contributed by atoms with Gasteiger partial charge in [0.05, 0.1) is 18.0 Å². The number of aliphatic hydroxyl groups is 1. The molecule has 0 heterocycles. The van der Waals surface area contributed by atoms with Crippen molar-refractivity contribution in [2.45, 2.75) is 0 Å². The molecule has 1 atom stereocenters. The van der Waals surface area contributed by atoms with E-state index in [0.717, 1.165) is 6.54 Å². The van der Waals surface area contributed by atoms with Crippen LogP contribution in [0, 0.1) is 0 Å². The summed E-state index contributed by atoms with van der Waals surface area (Å²) in [5, 5.41) is 8.20. The van der Waals surface area contributed by atoms with Crippen molar-refractivity contribution in [2.75, 3.05) is 27.2 Å². The SMILES string of the molecule is CN(C)CCO.O=S([O-])O.[H+]. The van der Waals surface area contributed by atoms with Gasteiger partial charge in [-0.3, -0.25) is 0 Å². The van der Waals surface area contributed by atoms with Gasteiger partial charge in [0.2, 0.25) is 0 Å². The summed E-state index contributed by atoms with van der Waals surface area (Å²) in [6.45, 7) is 1.02. The molecule has 0 saturated carbocycles. The average Bonchev–Trinajstić information content (AvgIpc) is 1.62. The van der Waals surface area contributed by atoms with Crippen molar-refractivity contribution >= 4 is 11.4 Å². The van der Waals surface area contributed by atoms with Gasteiger partial charge in [-0.25, -0.2) is 4.21 Å². The van der Waals surface area contributed by atoms with Crippen molar-refractivity contribution in [3.63, 3.8) is 0 Å². The summed E-state index contributed by atoms with van der Waals surface area (Å²) in [6, 6.07) is 0. The Balaban J connectivity index is -0.000000114. The molecule has 5 nitrogen and oxygen atoms in total. The van der Waals surface area contributed by atoms with E-state index in [9.17, 15) is 0 Å². The highest BCUT2D eigenvalue weighted by molar-refractivity contribution is 7.73. The second-order valence-electron chi connectivity index (χ2n) is 1.74. The molecule has 0 aliphatic rings. The van der Waals surface area contributed by atoms with Crippen LogP contribution in [0.4, 0.5) is 0 Å². The van der Waals surface area contributed by atoms with Gasteiger partial charge in [0.15, 0.2) is 0 Å². The smallest absolute Gasteiger partial charge is 0.750 e. The molecule has 0 rings (SSSR count). The Kier molecular flexibility index (Phi) is 11.4. The van der Waals surface area contributed by atoms with E-state index in [2.05, 4.69) is 0 Å². The van der Waals surface area contributed by atoms with Gasteiger partial charge in [-0.15, -0.1) is 0 Å². The van der Waals surface area contributed by atoms with Gasteiger partial charge in [-0.05, 0) is 14.1 Å². The van der Waals surface area contributed by atoms with E-state index in [1.165, 1.54) is 0 Å². The first kappa shape index (κ1) is 12.6. The average molecular weight is 171 g/mol. The zero-order valence-electron chi connectivity index (χ0n) is 6.98. The van der Waals surface area contributed by atoms with Crippen molar-refractivity contribution in [3.05, 3.63) is 0 Å². The van der Waals surface area contributed by atoms with E-state index in [1.807, 2.05) is 19.0 Å². The Morgan fingerprint density at radius 2 is 2.00 bits per heavy atom. The van der Waals surface area contributed by atoms with E-state index in [4.69, 9.17) is 18.4 Å². The van der Waals surface area contributed by atoms with E-state index in [0.29, 0.717) is 0 Å². The Labute approximate surface area is 64.3 Å². The summed E-state index contributed by atoms with van der Waals surface area (Å²) in [6.07, 6.45) is 0. The lowest BCUT2D eigenvalue weighted by Gasteiger charge is -2.03. The molecule has 6 heteroatoms. The molecule has 1 unspecified atom stereocenters. The third-order valence-corrected chi connectivity index (χ3v) is 0.547. The fraction of sp³-hybridized carbons (Fsp3) is 1.00. The van der Waals surface area contributed by atoms with E-state index < -0.39 is 11.4 Å². The van der Waals surface area contributed by atoms with Crippen LogP contribution in [0.5, 0.6) is 0 Å². The third-order valence-electron chi connectivity index (χ3n) is 0.547. The largest absolute Gasteiger partial charge is 1.00 e. The standard InChI is InChI=1S/C4H11NO.H2O3S/c1-5(2)3-4-6;1-4(2)3/h6H,3-4H2,1-2H3;(H2,1,2,3). The van der Waals surface area contributed by atoms with Crippen LogP contribution in [-0.4, -0.2) is 50.6 Å². The molecule has 0 radical (unpaired) electrons. The van der Waals surface area contributed by atoms with Crippen LogP contribution in [0.25, 0.3) is 0 Å². The second kappa shape index (κ2) is 8.99. The number of hydrogen-bond acceptors (Lipinski definition) is 4. The molecule has 0 saturated heterocycles. The van der Waals surface area contributed by atoms with Gasteiger partial charge in [-0.2, -0.15) is 0 Å². The number of aliphatic hydroxyl groups excluding tert-OH is 1. The number of hydrogen-bond donors (Lipinski definition) is 2. The molecular weight excluding hydrogens is 158 g/mol. The predicted octanol–water partition coefficient (Wildman–Crippen LogP) is -1.01. The Morgan fingerprint density at radius 1 is 1.70 bits per heavy atom. The van der Waals surface area contributed by atoms with Crippen LogP contribution < -0.4 is 0 Å². The van der Waals surface area contributed by atoms with Crippen molar-refractivity contribution in [2.24, 2.45) is 0 Å². The molecule has 10 heavy (non-hydrogen) atoms. The molecule has 0 amide bonds. The van der Waals surface area contributed by atoms with Gasteiger partial charge in [0.1, 0.15) is 0 Å². The molecular formula is C4H13NO4S. The highest BCUT2D eigenvalue weighted by atomic mass is 32.2. The number of rotatable bonds is 2. The van der Waals surface area contributed by atoms with Crippen LogP contribution in [0.3, 0.4) is 0 Å². The molecule has 0 aliphatic carbocycles. The van der Waals surface area contributed by atoms with E-state index >= 15 is 0 Å². The molecule has 0 spiro atoms. The van der Waals surface area contributed by atoms with Gasteiger partial charge < -0.3 is 19.1 Å². The van der Waals surface area contributed by atoms with Crippen molar-refractivity contribution in [3.8, 4) is 0 Å². The fourth-order valence-electron chi connectivity index (χ4n) is 0.200. The minimum Gasteiger partial charge on any atom is -0.750 e. The van der Waals surface area contributed by atoms with Crippen LogP contribution in [-0.2, 0) is 11.4 Å². The zero-order chi connectivity index (χ0) is 8.57. The van der Waals surface area contributed by atoms with Gasteiger partial charge in [-0.1, -0.05) is 0 Å². The van der Waals surface area contributed by atoms with E-state index in [-0.39, 0.29) is 8.03 Å². The summed E-state index contributed by atoms with van der Waals surface area (Å²) < 4.78 is 24.1. The highest BCUT2D eigenvalue weighted by Gasteiger charge is 1.80. The highest BCUT2D eigenvalue weighted by Crippen LogP contribution is 1.66. The first-order valence-corrected chi connectivity index (χ1v) is 3.57. The lowest BCUT2D eigenvalue weighted by Crippen LogP contribution is -2.15. The monoisotopic (exact) mass is 171 g/mol. The second-order valence-corrected chi connectivity index (χ2v) is 2.18. The van der Waals surface area contributed by atoms with Gasteiger partial charge >= 0.3 is 1.43 Å². The molecule has 0 aromatic carbocycles. The van der Waals surface area contributed by atoms with Crippen LogP contribution in [0.1, 0.15) is 1.43 Å². The van der Waals surface area contributed by atoms with Gasteiger partial charge in [0, 0.05) is 6.54 Å². The summed E-state index contributed by atoms with van der Waals surface area (Å²) in [7, 11) is 3.85. The Bertz CT molecular complexity index is 88.2. The first-order chi connectivity index (χ1) is 4.50. The van der Waals surface area contributed by atoms with Crippen molar-refractivity contribution in [1.82, 2.24) is 4.90 Å². The summed E-state index contributed by atoms with van der Waals surface area (Å²) >= 11 is -2.86. The molecule has 0 aromatic rings. The maximum absolute atomic E-state index is 8.56. The van der Waals surface area contributed by atoms with Crippen LogP contribution >= 0.6 is 0 Å². The Hall–Kier alpha value is -0.0100. The van der Waals surface area contributed by atoms with Crippen molar-refractivity contribution in [1.29, 1.82) is 0 Å². The minimum absolute atomic E-state index is 0. The fourth-order valence-corrected chi connectivity index (χ4v) is 0.200. The topological polar surface area (TPSA) is 83.8 Å². The maximum Gasteiger partial charge on any atom is 1.00 e. The summed E-state index contributed by atoms with van der Waals surface area (Å²) in [4.78, 5) is 1.93. The minimum atomic E-state index is -2.86. The molecule has 0 bridgehead atoms. The first-order valence-electron chi connectivity index (χ1n) is 2.54. The normalized spacial score (nSPS) is 12.2. The summed E-state index contributed by atoms with van der Waals surface area (Å²) in [5.41, 5.74) is 0.